The minimum absolute atomic E-state index is 0.189. The predicted molar refractivity (Wildman–Crippen MR) is 176 cm³/mol. The number of nitrogens with one attached hydrogen (secondary N) is 3. The monoisotopic (exact) mass is 618 g/mol. The van der Waals surface area contributed by atoms with Gasteiger partial charge in [-0.1, -0.05) is 12.1 Å². The number of ether oxygens (including phenoxy) is 4. The van der Waals surface area contributed by atoms with Crippen molar-refractivity contribution in [3.05, 3.63) is 66.2 Å². The van der Waals surface area contributed by atoms with Gasteiger partial charge < -0.3 is 44.7 Å². The smallest absolute Gasteiger partial charge is 0.323 e. The standard InChI is InChI=1S/C33H42N6O6/c1-42-25-9-10-27(31(23-25)44-3)36-33(41)35-24-8-11-28(26(22-24)32(40)34-12-13-37-18-20-45-21-19-37)38-14-16-39(17-15-38)29-6-4-5-7-30(29)43-2/h4-11,22-23H,12-21H2,1-3H3,(H,34,40)(H2,35,36,41). The topological polar surface area (TPSA) is 117 Å². The second-order valence-corrected chi connectivity index (χ2v) is 10.7. The van der Waals surface area contributed by atoms with Crippen LogP contribution in [0.3, 0.4) is 0 Å². The number of amides is 3. The van der Waals surface area contributed by atoms with Gasteiger partial charge in [-0.3, -0.25) is 9.69 Å². The second kappa shape index (κ2) is 15.4. The number of benzene rings is 3. The van der Waals surface area contributed by atoms with Crippen molar-refractivity contribution in [1.29, 1.82) is 0 Å². The van der Waals surface area contributed by atoms with Gasteiger partial charge in [0.05, 0.1) is 51.5 Å². The quantitative estimate of drug-likeness (QED) is 0.296. The van der Waals surface area contributed by atoms with Gasteiger partial charge in [-0.2, -0.15) is 0 Å². The molecule has 0 bridgehead atoms. The van der Waals surface area contributed by atoms with E-state index in [1.165, 1.54) is 7.11 Å². The van der Waals surface area contributed by atoms with Crippen LogP contribution in [0, 0.1) is 0 Å². The molecule has 2 heterocycles. The van der Waals surface area contributed by atoms with Crippen LogP contribution in [-0.4, -0.2) is 104 Å². The molecule has 2 aliphatic rings. The first kappa shape index (κ1) is 31.7. The Morgan fingerprint density at radius 2 is 1.47 bits per heavy atom. The van der Waals surface area contributed by atoms with Crippen LogP contribution in [0.4, 0.5) is 27.5 Å². The molecular weight excluding hydrogens is 576 g/mol. The molecule has 3 aromatic carbocycles. The average molecular weight is 619 g/mol. The van der Waals surface area contributed by atoms with E-state index >= 15 is 0 Å². The van der Waals surface area contributed by atoms with Gasteiger partial charge in [0.15, 0.2) is 0 Å². The summed E-state index contributed by atoms with van der Waals surface area (Å²) in [5, 5.41) is 8.77. The molecule has 0 radical (unpaired) electrons. The Bertz CT molecular complexity index is 1460. The zero-order valence-electron chi connectivity index (χ0n) is 26.1. The lowest BCUT2D eigenvalue weighted by Crippen LogP contribution is -2.47. The van der Waals surface area contributed by atoms with Gasteiger partial charge in [-0.05, 0) is 42.5 Å². The van der Waals surface area contributed by atoms with E-state index in [9.17, 15) is 9.59 Å². The van der Waals surface area contributed by atoms with E-state index in [-0.39, 0.29) is 5.91 Å². The van der Waals surface area contributed by atoms with E-state index < -0.39 is 6.03 Å². The number of methoxy groups -OCH3 is 3. The first-order valence-electron chi connectivity index (χ1n) is 15.1. The molecule has 12 nitrogen and oxygen atoms in total. The summed E-state index contributed by atoms with van der Waals surface area (Å²) in [7, 11) is 4.77. The predicted octanol–water partition coefficient (Wildman–Crippen LogP) is 3.75. The Balaban J connectivity index is 1.30. The molecule has 5 rings (SSSR count). The highest BCUT2D eigenvalue weighted by molar-refractivity contribution is 6.04. The van der Waals surface area contributed by atoms with E-state index in [0.29, 0.717) is 48.2 Å². The number of carbonyl (C=O) groups excluding carboxylic acids is 2. The summed E-state index contributed by atoms with van der Waals surface area (Å²) in [4.78, 5) is 33.4. The third-order valence-electron chi connectivity index (χ3n) is 8.02. The molecule has 2 saturated heterocycles. The summed E-state index contributed by atoms with van der Waals surface area (Å²) in [5.41, 5.74) is 3.36. The molecule has 2 fully saturated rings. The minimum Gasteiger partial charge on any atom is -0.497 e. The Labute approximate surface area is 264 Å². The molecular formula is C33H42N6O6. The van der Waals surface area contributed by atoms with Crippen LogP contribution >= 0.6 is 0 Å². The number of hydrogen-bond acceptors (Lipinski definition) is 9. The van der Waals surface area contributed by atoms with Crippen LogP contribution < -0.4 is 40.0 Å². The largest absolute Gasteiger partial charge is 0.497 e. The fraction of sp³-hybridized carbons (Fsp3) is 0.394. The van der Waals surface area contributed by atoms with Crippen molar-refractivity contribution >= 4 is 34.7 Å². The molecule has 3 amide bonds. The number of rotatable bonds is 11. The zero-order chi connectivity index (χ0) is 31.6. The van der Waals surface area contributed by atoms with Crippen molar-refractivity contribution in [3.8, 4) is 17.2 Å². The summed E-state index contributed by atoms with van der Waals surface area (Å²) in [5.74, 6) is 1.73. The minimum atomic E-state index is -0.463. The number of piperazine rings is 1. The summed E-state index contributed by atoms with van der Waals surface area (Å²) in [6.07, 6.45) is 0. The fourth-order valence-electron chi connectivity index (χ4n) is 5.58. The molecule has 0 atom stereocenters. The molecule has 12 heteroatoms. The van der Waals surface area contributed by atoms with Crippen LogP contribution in [0.25, 0.3) is 0 Å². The summed E-state index contributed by atoms with van der Waals surface area (Å²) >= 11 is 0. The summed E-state index contributed by atoms with van der Waals surface area (Å²) in [6, 6.07) is 18.1. The maximum absolute atomic E-state index is 13.6. The first-order valence-corrected chi connectivity index (χ1v) is 15.1. The molecule has 3 aromatic rings. The maximum atomic E-state index is 13.6. The van der Waals surface area contributed by atoms with E-state index in [0.717, 1.165) is 62.9 Å². The molecule has 0 aliphatic carbocycles. The van der Waals surface area contributed by atoms with Crippen molar-refractivity contribution < 1.29 is 28.5 Å². The second-order valence-electron chi connectivity index (χ2n) is 10.7. The lowest BCUT2D eigenvalue weighted by Gasteiger charge is -2.38. The van der Waals surface area contributed by atoms with Crippen molar-refractivity contribution in [1.82, 2.24) is 10.2 Å². The van der Waals surface area contributed by atoms with E-state index in [1.807, 2.05) is 30.3 Å². The molecule has 0 spiro atoms. The Morgan fingerprint density at radius 3 is 2.18 bits per heavy atom. The van der Waals surface area contributed by atoms with Crippen molar-refractivity contribution in [2.24, 2.45) is 0 Å². The lowest BCUT2D eigenvalue weighted by atomic mass is 10.1. The van der Waals surface area contributed by atoms with Gasteiger partial charge in [0.1, 0.15) is 17.2 Å². The number of nitrogens with zero attached hydrogens (tertiary/aromatic N) is 3. The SMILES string of the molecule is COc1ccc(NC(=O)Nc2ccc(N3CCN(c4ccccc4OC)CC3)c(C(=O)NCCN3CCOCC3)c2)c(OC)c1. The highest BCUT2D eigenvalue weighted by Crippen LogP contribution is 2.32. The van der Waals surface area contributed by atoms with Gasteiger partial charge in [-0.25, -0.2) is 4.79 Å². The number of para-hydroxylation sites is 2. The Morgan fingerprint density at radius 1 is 0.756 bits per heavy atom. The van der Waals surface area contributed by atoms with Gasteiger partial charge >= 0.3 is 6.03 Å². The number of urea groups is 1. The number of hydrogen-bond donors (Lipinski definition) is 3. The Hall–Kier alpha value is -4.68. The van der Waals surface area contributed by atoms with Gasteiger partial charge in [0.2, 0.25) is 0 Å². The number of morpholine rings is 1. The first-order chi connectivity index (χ1) is 22.0. The van der Waals surface area contributed by atoms with Crippen LogP contribution in [0.1, 0.15) is 10.4 Å². The Kier molecular flexibility index (Phi) is 10.8. The molecule has 0 aromatic heterocycles. The molecule has 0 unspecified atom stereocenters. The number of carbonyl (C=O) groups is 2. The van der Waals surface area contributed by atoms with E-state index in [2.05, 4.69) is 36.7 Å². The fourth-order valence-corrected chi connectivity index (χ4v) is 5.58. The van der Waals surface area contributed by atoms with Crippen LogP contribution in [0.2, 0.25) is 0 Å². The molecule has 3 N–H and O–H groups in total. The third kappa shape index (κ3) is 8.08. The van der Waals surface area contributed by atoms with Gasteiger partial charge in [0.25, 0.3) is 5.91 Å². The lowest BCUT2D eigenvalue weighted by molar-refractivity contribution is 0.0383. The molecule has 240 valence electrons. The molecule has 45 heavy (non-hydrogen) atoms. The normalized spacial score (nSPS) is 15.3. The van der Waals surface area contributed by atoms with Crippen LogP contribution in [0.5, 0.6) is 17.2 Å². The van der Waals surface area contributed by atoms with Crippen LogP contribution in [-0.2, 0) is 4.74 Å². The van der Waals surface area contributed by atoms with Crippen LogP contribution in [0.15, 0.2) is 60.7 Å². The molecule has 2 aliphatic heterocycles. The highest BCUT2D eigenvalue weighted by Gasteiger charge is 2.24. The van der Waals surface area contributed by atoms with Crippen molar-refractivity contribution in [2.45, 2.75) is 0 Å². The van der Waals surface area contributed by atoms with Gasteiger partial charge in [0, 0.05) is 69.8 Å². The zero-order valence-corrected chi connectivity index (χ0v) is 26.1. The van der Waals surface area contributed by atoms with E-state index in [4.69, 9.17) is 18.9 Å². The highest BCUT2D eigenvalue weighted by atomic mass is 16.5. The third-order valence-corrected chi connectivity index (χ3v) is 8.02. The maximum Gasteiger partial charge on any atom is 0.323 e. The van der Waals surface area contributed by atoms with Gasteiger partial charge in [-0.15, -0.1) is 0 Å². The van der Waals surface area contributed by atoms with Crippen molar-refractivity contribution in [3.63, 3.8) is 0 Å². The van der Waals surface area contributed by atoms with Crippen molar-refractivity contribution in [2.75, 3.05) is 107 Å². The summed E-state index contributed by atoms with van der Waals surface area (Å²) < 4.78 is 21.7. The summed E-state index contributed by atoms with van der Waals surface area (Å²) in [6.45, 7) is 7.34. The van der Waals surface area contributed by atoms with E-state index in [1.54, 1.807) is 38.5 Å². The average Bonchev–Trinajstić information content (AvgIpc) is 3.09. The number of anilines is 4. The molecule has 0 saturated carbocycles.